The standard InChI is InChI=1S/C24H32F2N6S.C2H2/c1-17(11-12-28-22-14-18(2)31-33-22)29-16-30-23-21(10-7-13-32(23)27-4)20-9-6-5-8-19(20)15-24(3,25)26;1-2/h5-6,8-9,11-12,14,17,21,28-29H,4,7,10,13,15-16H2,1-3H3;1-2H/b12-11+,30-23-;. The maximum atomic E-state index is 13.8. The van der Waals surface area contributed by atoms with E-state index in [0.717, 1.165) is 48.4 Å². The minimum Gasteiger partial charge on any atom is -0.353 e. The van der Waals surface area contributed by atoms with Gasteiger partial charge in [-0.05, 0) is 68.5 Å². The molecule has 1 fully saturated rings. The lowest BCUT2D eigenvalue weighted by Gasteiger charge is -2.33. The SMILES string of the molecule is C#C.C=NN1CCCC(c2ccccc2CC(C)(F)F)/C1=N/CNC(C)/C=C/Nc1cc(C)ns1. The Morgan fingerprint density at radius 2 is 2.11 bits per heavy atom. The molecule has 188 valence electrons. The predicted molar refractivity (Wildman–Crippen MR) is 143 cm³/mol. The first-order valence-corrected chi connectivity index (χ1v) is 12.2. The van der Waals surface area contributed by atoms with Crippen molar-refractivity contribution in [3.63, 3.8) is 0 Å². The second-order valence-electron chi connectivity index (χ2n) is 8.41. The number of benzene rings is 1. The van der Waals surface area contributed by atoms with E-state index in [0.29, 0.717) is 12.2 Å². The number of rotatable bonds is 10. The van der Waals surface area contributed by atoms with Crippen LogP contribution in [0.4, 0.5) is 13.8 Å². The molecule has 1 aromatic heterocycles. The Bertz CT molecular complexity index is 1020. The number of nitrogens with one attached hydrogen (secondary N) is 2. The van der Waals surface area contributed by atoms with Crippen LogP contribution in [0.5, 0.6) is 0 Å². The molecule has 2 heterocycles. The number of hydrazone groups is 1. The van der Waals surface area contributed by atoms with Crippen LogP contribution in [-0.4, -0.2) is 47.1 Å². The number of amidine groups is 1. The third-order valence-corrected chi connectivity index (χ3v) is 6.25. The van der Waals surface area contributed by atoms with Gasteiger partial charge < -0.3 is 5.32 Å². The van der Waals surface area contributed by atoms with Crippen LogP contribution < -0.4 is 10.6 Å². The van der Waals surface area contributed by atoms with Gasteiger partial charge in [0.05, 0.1) is 12.4 Å². The molecule has 1 saturated heterocycles. The molecule has 6 nitrogen and oxygen atoms in total. The third kappa shape index (κ3) is 8.89. The van der Waals surface area contributed by atoms with E-state index in [1.807, 2.05) is 50.4 Å². The molecule has 0 saturated carbocycles. The summed E-state index contributed by atoms with van der Waals surface area (Å²) >= 11 is 1.42. The van der Waals surface area contributed by atoms with Crippen molar-refractivity contribution in [1.82, 2.24) is 14.7 Å². The van der Waals surface area contributed by atoms with Gasteiger partial charge in [0.15, 0.2) is 0 Å². The second-order valence-corrected chi connectivity index (χ2v) is 9.21. The summed E-state index contributed by atoms with van der Waals surface area (Å²) in [4.78, 5) is 4.79. The number of nitrogens with zero attached hydrogens (tertiary/aromatic N) is 4. The van der Waals surface area contributed by atoms with Crippen LogP contribution in [0, 0.1) is 19.8 Å². The van der Waals surface area contributed by atoms with E-state index in [9.17, 15) is 8.78 Å². The maximum absolute atomic E-state index is 13.8. The number of halogens is 2. The van der Waals surface area contributed by atoms with Crippen LogP contribution in [0.15, 0.2) is 52.7 Å². The molecule has 2 atom stereocenters. The Morgan fingerprint density at radius 3 is 2.77 bits per heavy atom. The zero-order valence-corrected chi connectivity index (χ0v) is 21.4. The number of hydrogen-bond donors (Lipinski definition) is 2. The van der Waals surface area contributed by atoms with Gasteiger partial charge in [-0.25, -0.2) is 8.78 Å². The van der Waals surface area contributed by atoms with E-state index in [4.69, 9.17) is 4.99 Å². The van der Waals surface area contributed by atoms with Crippen molar-refractivity contribution >= 4 is 29.1 Å². The molecule has 1 aromatic carbocycles. The Hall–Kier alpha value is -3.09. The van der Waals surface area contributed by atoms with Crippen molar-refractivity contribution in [1.29, 1.82) is 0 Å². The molecule has 35 heavy (non-hydrogen) atoms. The lowest BCUT2D eigenvalue weighted by atomic mass is 9.85. The Morgan fingerprint density at radius 1 is 1.37 bits per heavy atom. The van der Waals surface area contributed by atoms with E-state index >= 15 is 0 Å². The first-order chi connectivity index (χ1) is 16.8. The number of aryl methyl sites for hydroxylation is 1. The lowest BCUT2D eigenvalue weighted by molar-refractivity contribution is 0.0223. The molecule has 0 aliphatic carbocycles. The summed E-state index contributed by atoms with van der Waals surface area (Å²) in [6, 6.07) is 9.49. The van der Waals surface area contributed by atoms with Gasteiger partial charge >= 0.3 is 0 Å². The highest BCUT2D eigenvalue weighted by molar-refractivity contribution is 7.10. The zero-order chi connectivity index (χ0) is 25.8. The third-order valence-electron chi connectivity index (χ3n) is 5.43. The van der Waals surface area contributed by atoms with E-state index in [-0.39, 0.29) is 18.4 Å². The summed E-state index contributed by atoms with van der Waals surface area (Å²) in [5.74, 6) is -2.09. The molecule has 2 unspecified atom stereocenters. The maximum Gasteiger partial charge on any atom is 0.249 e. The monoisotopic (exact) mass is 500 g/mol. The average Bonchev–Trinajstić information content (AvgIpc) is 3.24. The number of hydrogen-bond acceptors (Lipinski definition) is 6. The van der Waals surface area contributed by atoms with Crippen LogP contribution in [-0.2, 0) is 6.42 Å². The molecule has 9 heteroatoms. The smallest absolute Gasteiger partial charge is 0.249 e. The largest absolute Gasteiger partial charge is 0.353 e. The Kier molecular flexibility index (Phi) is 11.0. The number of terminal acetylenes is 1. The topological polar surface area (TPSA) is 64.9 Å². The Labute approximate surface area is 211 Å². The van der Waals surface area contributed by atoms with Crippen LogP contribution in [0.2, 0.25) is 0 Å². The summed E-state index contributed by atoms with van der Waals surface area (Å²) in [7, 11) is 0. The normalized spacial score (nSPS) is 18.2. The first-order valence-electron chi connectivity index (χ1n) is 11.4. The van der Waals surface area contributed by atoms with Crippen molar-refractivity contribution in [3.8, 4) is 12.8 Å². The predicted octanol–water partition coefficient (Wildman–Crippen LogP) is 5.65. The number of alkyl halides is 2. The summed E-state index contributed by atoms with van der Waals surface area (Å²) in [6.07, 6.45) is 13.3. The number of aliphatic imine (C=N–C) groups is 1. The molecular formula is C26H34F2N6S. The number of anilines is 1. The van der Waals surface area contributed by atoms with Gasteiger partial charge in [0.2, 0.25) is 5.92 Å². The van der Waals surface area contributed by atoms with E-state index in [1.54, 1.807) is 11.1 Å². The highest BCUT2D eigenvalue weighted by Gasteiger charge is 2.31. The highest BCUT2D eigenvalue weighted by Crippen LogP contribution is 2.33. The summed E-state index contributed by atoms with van der Waals surface area (Å²) < 4.78 is 31.8. The quantitative estimate of drug-likeness (QED) is 0.327. The van der Waals surface area contributed by atoms with E-state index in [2.05, 4.69) is 39.7 Å². The molecule has 0 radical (unpaired) electrons. The van der Waals surface area contributed by atoms with Crippen molar-refractivity contribution in [2.45, 2.75) is 57.9 Å². The molecule has 1 aliphatic rings. The first kappa shape index (κ1) is 28.1. The number of piperidine rings is 1. The zero-order valence-electron chi connectivity index (χ0n) is 20.5. The van der Waals surface area contributed by atoms with Gasteiger partial charge in [-0.2, -0.15) is 9.47 Å². The molecule has 0 bridgehead atoms. The van der Waals surface area contributed by atoms with Gasteiger partial charge in [-0.15, -0.1) is 12.8 Å². The van der Waals surface area contributed by atoms with Crippen molar-refractivity contribution in [2.24, 2.45) is 10.1 Å². The molecule has 3 rings (SSSR count). The van der Waals surface area contributed by atoms with Gasteiger partial charge in [-0.3, -0.25) is 15.3 Å². The van der Waals surface area contributed by atoms with E-state index in [1.165, 1.54) is 11.5 Å². The molecule has 0 amide bonds. The fourth-order valence-corrected chi connectivity index (χ4v) is 4.55. The molecule has 0 spiro atoms. The van der Waals surface area contributed by atoms with Crippen molar-refractivity contribution in [2.75, 3.05) is 18.5 Å². The molecule has 1 aliphatic heterocycles. The molecule has 2 aromatic rings. The Balaban J connectivity index is 0.00000210. The molecular weight excluding hydrogens is 466 g/mol. The van der Waals surface area contributed by atoms with Gasteiger partial charge in [0, 0.05) is 31.6 Å². The second kappa shape index (κ2) is 13.7. The fraction of sp³-hybridized carbons (Fsp3) is 0.423. The van der Waals surface area contributed by atoms with Gasteiger partial charge in [-0.1, -0.05) is 30.3 Å². The number of aromatic nitrogens is 1. The summed E-state index contributed by atoms with van der Waals surface area (Å²) in [5, 5.41) is 13.5. The van der Waals surface area contributed by atoms with Gasteiger partial charge in [0.25, 0.3) is 0 Å². The summed E-state index contributed by atoms with van der Waals surface area (Å²) in [5.41, 5.74) is 2.54. The van der Waals surface area contributed by atoms with Crippen molar-refractivity contribution < 1.29 is 8.78 Å². The van der Waals surface area contributed by atoms with Crippen LogP contribution in [0.25, 0.3) is 0 Å². The van der Waals surface area contributed by atoms with Crippen LogP contribution in [0.3, 0.4) is 0 Å². The minimum absolute atomic E-state index is 0.0779. The minimum atomic E-state index is -2.77. The van der Waals surface area contributed by atoms with Gasteiger partial charge in [0.1, 0.15) is 10.8 Å². The average molecular weight is 501 g/mol. The van der Waals surface area contributed by atoms with Crippen LogP contribution in [0.1, 0.15) is 49.4 Å². The lowest BCUT2D eigenvalue weighted by Crippen LogP contribution is -2.38. The van der Waals surface area contributed by atoms with Crippen molar-refractivity contribution in [3.05, 3.63) is 59.4 Å². The van der Waals surface area contributed by atoms with E-state index < -0.39 is 5.92 Å². The molecule has 2 N–H and O–H groups in total. The van der Waals surface area contributed by atoms with Crippen LogP contribution >= 0.6 is 11.5 Å². The highest BCUT2D eigenvalue weighted by atomic mass is 32.1. The fourth-order valence-electron chi connectivity index (χ4n) is 3.91. The summed E-state index contributed by atoms with van der Waals surface area (Å²) in [6.45, 7) is 9.75.